The molecule has 27 heavy (non-hydrogen) atoms. The van der Waals surface area contributed by atoms with Gasteiger partial charge in [-0.2, -0.15) is 13.2 Å². The van der Waals surface area contributed by atoms with Gasteiger partial charge < -0.3 is 15.0 Å². The number of halogens is 3. The third-order valence-electron chi connectivity index (χ3n) is 4.50. The topological polar surface area (TPSA) is 54.5 Å². The van der Waals surface area contributed by atoms with Crippen LogP contribution in [0.2, 0.25) is 0 Å². The molecule has 0 spiro atoms. The molecule has 2 heterocycles. The van der Waals surface area contributed by atoms with Crippen LogP contribution in [0.4, 0.5) is 18.0 Å². The number of methoxy groups -OCH3 is 1. The summed E-state index contributed by atoms with van der Waals surface area (Å²) in [6.45, 7) is 2.28. The highest BCUT2D eigenvalue weighted by Gasteiger charge is 2.44. The van der Waals surface area contributed by atoms with Gasteiger partial charge >= 0.3 is 12.2 Å². The molecule has 1 N–H and O–H groups in total. The zero-order chi connectivity index (χ0) is 19.6. The smallest absolute Gasteiger partial charge is 0.415 e. The number of ether oxygens (including phenoxy) is 1. The van der Waals surface area contributed by atoms with E-state index in [1.807, 2.05) is 18.2 Å². The number of rotatable bonds is 3. The van der Waals surface area contributed by atoms with E-state index in [-0.39, 0.29) is 5.01 Å². The molecule has 1 aromatic heterocycles. The summed E-state index contributed by atoms with van der Waals surface area (Å²) >= 11 is 0.891. The number of alkyl halides is 3. The van der Waals surface area contributed by atoms with Gasteiger partial charge in [0.05, 0.1) is 7.11 Å². The Labute approximate surface area is 159 Å². The molecular formula is C18H20F3N3O2S. The third kappa shape index (κ3) is 4.35. The van der Waals surface area contributed by atoms with E-state index in [0.29, 0.717) is 31.6 Å². The van der Waals surface area contributed by atoms with Crippen molar-refractivity contribution < 1.29 is 22.7 Å². The summed E-state index contributed by atoms with van der Waals surface area (Å²) in [5, 5.41) is 3.50. The minimum absolute atomic E-state index is 0.159. The number of nitrogens with one attached hydrogen (secondary N) is 1. The highest BCUT2D eigenvalue weighted by molar-refractivity contribution is 7.09. The molecule has 146 valence electrons. The minimum atomic E-state index is -4.61. The number of aryl methyl sites for hydroxylation is 1. The Bertz CT molecular complexity index is 822. The second-order valence-corrected chi connectivity index (χ2v) is 7.23. The van der Waals surface area contributed by atoms with Crippen LogP contribution in [0.5, 0.6) is 5.75 Å². The predicted octanol–water partition coefficient (Wildman–Crippen LogP) is 3.87. The van der Waals surface area contributed by atoms with Crippen molar-refractivity contribution in [3.63, 3.8) is 0 Å². The molecule has 0 radical (unpaired) electrons. The fraction of sp³-hybridized carbons (Fsp3) is 0.444. The number of carbonyl (C=O) groups is 1. The minimum Gasteiger partial charge on any atom is -0.496 e. The van der Waals surface area contributed by atoms with Gasteiger partial charge in [-0.05, 0) is 37.0 Å². The molecular weight excluding hydrogens is 379 g/mol. The monoisotopic (exact) mass is 399 g/mol. The summed E-state index contributed by atoms with van der Waals surface area (Å²) in [5.41, 5.74) is 2.54. The lowest BCUT2D eigenvalue weighted by Crippen LogP contribution is -2.46. The summed E-state index contributed by atoms with van der Waals surface area (Å²) < 4.78 is 45.7. The maximum atomic E-state index is 13.5. The zero-order valence-corrected chi connectivity index (χ0v) is 15.8. The van der Waals surface area contributed by atoms with E-state index in [9.17, 15) is 18.0 Å². The van der Waals surface area contributed by atoms with Crippen molar-refractivity contribution in [1.82, 2.24) is 15.2 Å². The molecule has 1 unspecified atom stereocenters. The van der Waals surface area contributed by atoms with Crippen molar-refractivity contribution >= 4 is 17.4 Å². The summed E-state index contributed by atoms with van der Waals surface area (Å²) in [7, 11) is 1.58. The molecule has 1 aliphatic rings. The molecule has 0 saturated carbocycles. The van der Waals surface area contributed by atoms with Crippen LogP contribution in [-0.4, -0.2) is 42.3 Å². The highest BCUT2D eigenvalue weighted by atomic mass is 32.1. The van der Waals surface area contributed by atoms with E-state index in [0.717, 1.165) is 28.2 Å². The number of aromatic nitrogens is 1. The third-order valence-corrected chi connectivity index (χ3v) is 5.53. The molecule has 1 aliphatic heterocycles. The molecule has 2 aromatic rings. The summed E-state index contributed by atoms with van der Waals surface area (Å²) in [6.07, 6.45) is -3.52. The van der Waals surface area contributed by atoms with Gasteiger partial charge in [0.15, 0.2) is 6.04 Å². The lowest BCUT2D eigenvalue weighted by Gasteiger charge is -2.25. The van der Waals surface area contributed by atoms with Gasteiger partial charge in [-0.1, -0.05) is 12.1 Å². The normalized spacial score (nSPS) is 15.7. The number of thiazole rings is 1. The average molecular weight is 399 g/mol. The van der Waals surface area contributed by atoms with Crippen molar-refractivity contribution in [2.75, 3.05) is 20.2 Å². The van der Waals surface area contributed by atoms with Crippen molar-refractivity contribution in [3.05, 3.63) is 45.4 Å². The summed E-state index contributed by atoms with van der Waals surface area (Å²) in [6, 6.07) is 2.83. The summed E-state index contributed by atoms with van der Waals surface area (Å²) in [4.78, 5) is 17.9. The Kier molecular flexibility index (Phi) is 5.59. The molecule has 0 fully saturated rings. The molecule has 0 saturated heterocycles. The molecule has 0 aliphatic carbocycles. The van der Waals surface area contributed by atoms with E-state index in [4.69, 9.17) is 4.74 Å². The van der Waals surface area contributed by atoms with E-state index >= 15 is 0 Å². The quantitative estimate of drug-likeness (QED) is 0.852. The van der Waals surface area contributed by atoms with Crippen LogP contribution in [0.3, 0.4) is 0 Å². The summed E-state index contributed by atoms with van der Waals surface area (Å²) in [5.74, 6) is 0.737. The van der Waals surface area contributed by atoms with Gasteiger partial charge in [0.1, 0.15) is 10.8 Å². The Balaban J connectivity index is 1.74. The Hall–Kier alpha value is -2.29. The average Bonchev–Trinajstić information content (AvgIpc) is 2.91. The van der Waals surface area contributed by atoms with Crippen molar-refractivity contribution in [2.24, 2.45) is 0 Å². The first kappa shape index (κ1) is 19.5. The Morgan fingerprint density at radius 2 is 2.07 bits per heavy atom. The Morgan fingerprint density at radius 1 is 1.33 bits per heavy atom. The van der Waals surface area contributed by atoms with Crippen molar-refractivity contribution in [2.45, 2.75) is 32.0 Å². The van der Waals surface area contributed by atoms with Gasteiger partial charge in [0, 0.05) is 24.2 Å². The van der Waals surface area contributed by atoms with Crippen LogP contribution >= 0.6 is 11.3 Å². The first-order valence-electron chi connectivity index (χ1n) is 8.48. The van der Waals surface area contributed by atoms with Crippen molar-refractivity contribution in [1.29, 1.82) is 0 Å². The first-order chi connectivity index (χ1) is 12.8. The van der Waals surface area contributed by atoms with Crippen LogP contribution in [0.1, 0.15) is 27.9 Å². The van der Waals surface area contributed by atoms with E-state index in [2.05, 4.69) is 10.3 Å². The molecule has 5 nitrogen and oxygen atoms in total. The van der Waals surface area contributed by atoms with Crippen molar-refractivity contribution in [3.8, 4) is 5.75 Å². The Morgan fingerprint density at radius 3 is 2.70 bits per heavy atom. The molecule has 3 rings (SSSR count). The number of fused-ring (bicyclic) bond motifs is 1. The van der Waals surface area contributed by atoms with Gasteiger partial charge in [-0.25, -0.2) is 9.78 Å². The van der Waals surface area contributed by atoms with Gasteiger partial charge in [-0.3, -0.25) is 0 Å². The van der Waals surface area contributed by atoms with Crippen LogP contribution in [0, 0.1) is 6.92 Å². The van der Waals surface area contributed by atoms with Crippen LogP contribution < -0.4 is 10.1 Å². The van der Waals surface area contributed by atoms with E-state index in [1.54, 1.807) is 14.0 Å². The molecule has 1 aromatic carbocycles. The van der Waals surface area contributed by atoms with Gasteiger partial charge in [0.25, 0.3) is 0 Å². The van der Waals surface area contributed by atoms with E-state index in [1.165, 1.54) is 10.3 Å². The number of benzene rings is 1. The number of carbonyl (C=O) groups excluding carboxylic acids is 1. The highest BCUT2D eigenvalue weighted by Crippen LogP contribution is 2.34. The molecule has 0 bridgehead atoms. The largest absolute Gasteiger partial charge is 0.496 e. The second kappa shape index (κ2) is 7.75. The molecule has 9 heteroatoms. The number of hydrogen-bond donors (Lipinski definition) is 1. The van der Waals surface area contributed by atoms with E-state index < -0.39 is 18.2 Å². The molecule has 2 amide bonds. The standard InChI is InChI=1S/C18H20F3N3O2S/c1-11-10-27-16(22-11)15(18(19,20)21)23-17(25)24-8-6-12-4-3-5-14(26-2)13(12)7-9-24/h3-5,10,15H,6-9H2,1-2H3,(H,23,25). The fourth-order valence-electron chi connectivity index (χ4n) is 3.14. The lowest BCUT2D eigenvalue weighted by molar-refractivity contribution is -0.155. The first-order valence-corrected chi connectivity index (χ1v) is 9.36. The van der Waals surface area contributed by atoms with Crippen LogP contribution in [0.25, 0.3) is 0 Å². The van der Waals surface area contributed by atoms with Crippen LogP contribution in [-0.2, 0) is 12.8 Å². The zero-order valence-electron chi connectivity index (χ0n) is 15.0. The number of nitrogens with zero attached hydrogens (tertiary/aromatic N) is 2. The number of amides is 2. The number of urea groups is 1. The number of hydrogen-bond acceptors (Lipinski definition) is 4. The second-order valence-electron chi connectivity index (χ2n) is 6.34. The maximum Gasteiger partial charge on any atom is 0.415 e. The predicted molar refractivity (Wildman–Crippen MR) is 96.2 cm³/mol. The fourth-order valence-corrected chi connectivity index (χ4v) is 4.01. The molecule has 1 atom stereocenters. The SMILES string of the molecule is COc1cccc2c1CCN(C(=O)NC(c1nc(C)cs1)C(F)(F)F)CC2. The maximum absolute atomic E-state index is 13.5. The van der Waals surface area contributed by atoms with Crippen LogP contribution in [0.15, 0.2) is 23.6 Å². The lowest BCUT2D eigenvalue weighted by atomic mass is 10.0. The van der Waals surface area contributed by atoms with Gasteiger partial charge in [0.2, 0.25) is 0 Å². The van der Waals surface area contributed by atoms with Gasteiger partial charge in [-0.15, -0.1) is 11.3 Å².